The fourth-order valence-corrected chi connectivity index (χ4v) is 4.51. The van der Waals surface area contributed by atoms with Crippen molar-refractivity contribution in [3.63, 3.8) is 0 Å². The highest BCUT2D eigenvalue weighted by Crippen LogP contribution is 2.43. The minimum atomic E-state index is -0.0696. The molecule has 0 radical (unpaired) electrons. The zero-order chi connectivity index (χ0) is 17.0. The standard InChI is InChI=1S/C19H14Br2N2O/c1-10-14(20)8-15(21)18-17(10)13(19(24)22-18)7-11-9-23(2)16-6-4-3-5-12(11)16/h3-9H,1-2H3,(H,22,24). The topological polar surface area (TPSA) is 34.0 Å². The van der Waals surface area contributed by atoms with Crippen molar-refractivity contribution < 1.29 is 4.79 Å². The molecule has 1 aliphatic heterocycles. The van der Waals surface area contributed by atoms with E-state index >= 15 is 0 Å². The first-order valence-corrected chi connectivity index (χ1v) is 9.12. The van der Waals surface area contributed by atoms with Gasteiger partial charge in [0.05, 0.1) is 11.3 Å². The van der Waals surface area contributed by atoms with Crippen LogP contribution < -0.4 is 5.32 Å². The van der Waals surface area contributed by atoms with Crippen LogP contribution in [0.5, 0.6) is 0 Å². The van der Waals surface area contributed by atoms with Crippen LogP contribution in [0.25, 0.3) is 22.6 Å². The third-order valence-electron chi connectivity index (χ3n) is 4.46. The SMILES string of the molecule is Cc1c(Br)cc(Br)c2c1C(=Cc1cn(C)c3ccccc13)C(=O)N2. The molecule has 1 aliphatic rings. The molecule has 120 valence electrons. The summed E-state index contributed by atoms with van der Waals surface area (Å²) in [7, 11) is 2.02. The molecule has 0 bridgehead atoms. The van der Waals surface area contributed by atoms with E-state index in [1.165, 1.54) is 0 Å². The van der Waals surface area contributed by atoms with Gasteiger partial charge in [-0.25, -0.2) is 0 Å². The Bertz CT molecular complexity index is 1050. The van der Waals surface area contributed by atoms with Gasteiger partial charge in [0, 0.05) is 44.2 Å². The molecule has 0 unspecified atom stereocenters. The summed E-state index contributed by atoms with van der Waals surface area (Å²) in [5, 5.41) is 4.12. The van der Waals surface area contributed by atoms with Gasteiger partial charge in [0.25, 0.3) is 5.91 Å². The normalized spacial score (nSPS) is 15.2. The van der Waals surface area contributed by atoms with Gasteiger partial charge in [0.1, 0.15) is 0 Å². The van der Waals surface area contributed by atoms with Gasteiger partial charge >= 0.3 is 0 Å². The van der Waals surface area contributed by atoms with Gasteiger partial charge in [-0.3, -0.25) is 4.79 Å². The molecule has 3 aromatic rings. The molecule has 1 N–H and O–H groups in total. The Kier molecular flexibility index (Phi) is 3.66. The maximum atomic E-state index is 12.6. The Morgan fingerprint density at radius 3 is 2.71 bits per heavy atom. The third kappa shape index (κ3) is 2.26. The predicted molar refractivity (Wildman–Crippen MR) is 106 cm³/mol. The number of benzene rings is 2. The molecule has 4 rings (SSSR count). The second-order valence-electron chi connectivity index (χ2n) is 5.94. The number of aryl methyl sites for hydroxylation is 1. The van der Waals surface area contributed by atoms with Crippen molar-refractivity contribution in [2.45, 2.75) is 6.92 Å². The molecule has 2 heterocycles. The Balaban J connectivity index is 1.98. The average molecular weight is 446 g/mol. The Labute approximate surface area is 156 Å². The molecule has 0 aliphatic carbocycles. The first-order chi connectivity index (χ1) is 11.5. The summed E-state index contributed by atoms with van der Waals surface area (Å²) in [5.41, 5.74) is 5.73. The number of para-hydroxylation sites is 1. The van der Waals surface area contributed by atoms with Crippen LogP contribution in [0.1, 0.15) is 16.7 Å². The molecule has 24 heavy (non-hydrogen) atoms. The number of halogens is 2. The van der Waals surface area contributed by atoms with Crippen LogP contribution >= 0.6 is 31.9 Å². The van der Waals surface area contributed by atoms with Gasteiger partial charge < -0.3 is 9.88 Å². The molecule has 0 atom stereocenters. The van der Waals surface area contributed by atoms with Crippen LogP contribution in [0.4, 0.5) is 5.69 Å². The molecular weight excluding hydrogens is 432 g/mol. The Morgan fingerprint density at radius 2 is 1.92 bits per heavy atom. The number of rotatable bonds is 1. The molecule has 5 heteroatoms. The molecule has 1 amide bonds. The van der Waals surface area contributed by atoms with E-state index in [2.05, 4.69) is 60.1 Å². The first kappa shape index (κ1) is 15.7. The van der Waals surface area contributed by atoms with Gasteiger partial charge in [-0.1, -0.05) is 34.1 Å². The smallest absolute Gasteiger partial charge is 0.256 e. The highest BCUT2D eigenvalue weighted by molar-refractivity contribution is 9.11. The van der Waals surface area contributed by atoms with Crippen molar-refractivity contribution >= 4 is 66.0 Å². The monoisotopic (exact) mass is 444 g/mol. The highest BCUT2D eigenvalue weighted by atomic mass is 79.9. The van der Waals surface area contributed by atoms with E-state index in [0.717, 1.165) is 42.2 Å². The van der Waals surface area contributed by atoms with E-state index in [0.29, 0.717) is 5.57 Å². The fraction of sp³-hybridized carbons (Fsp3) is 0.105. The van der Waals surface area contributed by atoms with Crippen LogP contribution in [0, 0.1) is 6.92 Å². The van der Waals surface area contributed by atoms with E-state index < -0.39 is 0 Å². The van der Waals surface area contributed by atoms with E-state index in [1.54, 1.807) is 0 Å². The number of hydrogen-bond acceptors (Lipinski definition) is 1. The van der Waals surface area contributed by atoms with Gasteiger partial charge in [0.15, 0.2) is 0 Å². The number of hydrogen-bond donors (Lipinski definition) is 1. The van der Waals surface area contributed by atoms with E-state index in [4.69, 9.17) is 0 Å². The quantitative estimate of drug-likeness (QED) is 0.492. The first-order valence-electron chi connectivity index (χ1n) is 7.53. The maximum absolute atomic E-state index is 12.6. The van der Waals surface area contributed by atoms with E-state index in [-0.39, 0.29) is 5.91 Å². The minimum Gasteiger partial charge on any atom is -0.350 e. The van der Waals surface area contributed by atoms with Gasteiger partial charge in [0.2, 0.25) is 0 Å². The highest BCUT2D eigenvalue weighted by Gasteiger charge is 2.29. The summed E-state index contributed by atoms with van der Waals surface area (Å²) in [5.74, 6) is -0.0696. The number of aromatic nitrogens is 1. The maximum Gasteiger partial charge on any atom is 0.256 e. The van der Waals surface area contributed by atoms with Crippen LogP contribution in [-0.2, 0) is 11.8 Å². The lowest BCUT2D eigenvalue weighted by atomic mass is 9.99. The van der Waals surface area contributed by atoms with Crippen molar-refractivity contribution in [2.75, 3.05) is 5.32 Å². The molecule has 0 spiro atoms. The molecule has 0 saturated heterocycles. The summed E-state index contributed by atoms with van der Waals surface area (Å²) in [4.78, 5) is 12.6. The minimum absolute atomic E-state index is 0.0696. The van der Waals surface area contributed by atoms with Crippen molar-refractivity contribution in [1.82, 2.24) is 4.57 Å². The lowest BCUT2D eigenvalue weighted by Gasteiger charge is -2.08. The summed E-state index contributed by atoms with van der Waals surface area (Å²) < 4.78 is 3.94. The van der Waals surface area contributed by atoms with Crippen molar-refractivity contribution in [3.05, 3.63) is 62.2 Å². The number of carbonyl (C=O) groups excluding carboxylic acids is 1. The number of anilines is 1. The summed E-state index contributed by atoms with van der Waals surface area (Å²) >= 11 is 7.12. The number of carbonyl (C=O) groups is 1. The molecule has 0 saturated carbocycles. The summed E-state index contributed by atoms with van der Waals surface area (Å²) in [6, 6.07) is 10.2. The Morgan fingerprint density at radius 1 is 1.17 bits per heavy atom. The third-order valence-corrected chi connectivity index (χ3v) is 5.90. The van der Waals surface area contributed by atoms with E-state index in [9.17, 15) is 4.79 Å². The number of nitrogens with one attached hydrogen (secondary N) is 1. The average Bonchev–Trinajstić information content (AvgIpc) is 3.05. The lowest BCUT2D eigenvalue weighted by Crippen LogP contribution is -2.03. The van der Waals surface area contributed by atoms with Gasteiger partial charge in [-0.2, -0.15) is 0 Å². The van der Waals surface area contributed by atoms with Crippen molar-refractivity contribution in [3.8, 4) is 0 Å². The lowest BCUT2D eigenvalue weighted by molar-refractivity contribution is -0.110. The zero-order valence-corrected chi connectivity index (χ0v) is 16.3. The van der Waals surface area contributed by atoms with Crippen LogP contribution in [-0.4, -0.2) is 10.5 Å². The summed E-state index contributed by atoms with van der Waals surface area (Å²) in [6.45, 7) is 2.02. The van der Waals surface area contributed by atoms with E-state index in [1.807, 2.05) is 38.2 Å². The second kappa shape index (κ2) is 5.60. The number of amides is 1. The zero-order valence-electron chi connectivity index (χ0n) is 13.2. The van der Waals surface area contributed by atoms with Gasteiger partial charge in [-0.05, 0) is 46.6 Å². The fourth-order valence-electron chi connectivity index (χ4n) is 3.25. The number of nitrogens with zero attached hydrogens (tertiary/aromatic N) is 1. The molecule has 1 aromatic heterocycles. The Hall–Kier alpha value is -1.85. The van der Waals surface area contributed by atoms with Crippen LogP contribution in [0.2, 0.25) is 0 Å². The van der Waals surface area contributed by atoms with Crippen molar-refractivity contribution in [1.29, 1.82) is 0 Å². The predicted octanol–water partition coefficient (Wildman–Crippen LogP) is 5.50. The number of fused-ring (bicyclic) bond motifs is 2. The molecular formula is C19H14Br2N2O. The molecule has 3 nitrogen and oxygen atoms in total. The largest absolute Gasteiger partial charge is 0.350 e. The van der Waals surface area contributed by atoms with Crippen molar-refractivity contribution in [2.24, 2.45) is 7.05 Å². The molecule has 0 fully saturated rings. The van der Waals surface area contributed by atoms with Crippen LogP contribution in [0.15, 0.2) is 45.5 Å². The van der Waals surface area contributed by atoms with Crippen LogP contribution in [0.3, 0.4) is 0 Å². The molecule has 2 aromatic carbocycles. The summed E-state index contributed by atoms with van der Waals surface area (Å²) in [6.07, 6.45) is 4.04. The van der Waals surface area contributed by atoms with Gasteiger partial charge in [-0.15, -0.1) is 0 Å². The second-order valence-corrected chi connectivity index (χ2v) is 7.65.